The lowest BCUT2D eigenvalue weighted by Gasteiger charge is -1.92. The molecule has 5 nitrogen and oxygen atoms in total. The highest BCUT2D eigenvalue weighted by molar-refractivity contribution is 6.32. The van der Waals surface area contributed by atoms with Gasteiger partial charge in [0.25, 0.3) is 0 Å². The number of anilines is 1. The number of hydrogen-bond donors (Lipinski definition) is 1. The molecule has 2 N–H and O–H groups in total. The predicted octanol–water partition coefficient (Wildman–Crippen LogP) is 1.62. The summed E-state index contributed by atoms with van der Waals surface area (Å²) >= 11 is 6.04. The molecule has 0 spiro atoms. The van der Waals surface area contributed by atoms with Crippen molar-refractivity contribution in [2.45, 2.75) is 6.92 Å². The molecule has 2 rings (SSSR count). The van der Waals surface area contributed by atoms with Crippen LogP contribution < -0.4 is 5.73 Å². The Hall–Kier alpha value is -1.49. The van der Waals surface area contributed by atoms with Crippen molar-refractivity contribution < 1.29 is 4.52 Å². The SMILES string of the molecule is Cc1nn(C)c(Cl)c1-c1cc(N)on1. The van der Waals surface area contributed by atoms with Gasteiger partial charge in [-0.15, -0.1) is 0 Å². The lowest BCUT2D eigenvalue weighted by molar-refractivity contribution is 0.439. The van der Waals surface area contributed by atoms with Gasteiger partial charge in [0.1, 0.15) is 10.8 Å². The number of rotatable bonds is 1. The lowest BCUT2D eigenvalue weighted by Crippen LogP contribution is -1.88. The number of aromatic nitrogens is 3. The second-order valence-corrected chi connectivity index (χ2v) is 3.35. The molecule has 0 aromatic carbocycles. The first kappa shape index (κ1) is 9.08. The first-order valence-electron chi connectivity index (χ1n) is 4.01. The zero-order valence-electron chi connectivity index (χ0n) is 7.78. The highest BCUT2D eigenvalue weighted by Gasteiger charge is 2.16. The van der Waals surface area contributed by atoms with E-state index < -0.39 is 0 Å². The fraction of sp³-hybridized carbons (Fsp3) is 0.250. The number of nitrogens with two attached hydrogens (primary N) is 1. The average Bonchev–Trinajstić information content (AvgIpc) is 2.60. The molecule has 14 heavy (non-hydrogen) atoms. The maximum absolute atomic E-state index is 6.04. The van der Waals surface area contributed by atoms with Crippen LogP contribution in [0.15, 0.2) is 10.6 Å². The van der Waals surface area contributed by atoms with Crippen LogP contribution >= 0.6 is 11.6 Å². The molecule has 0 aliphatic rings. The van der Waals surface area contributed by atoms with E-state index >= 15 is 0 Å². The van der Waals surface area contributed by atoms with Crippen LogP contribution in [0.2, 0.25) is 5.15 Å². The van der Waals surface area contributed by atoms with Crippen LogP contribution in [0.3, 0.4) is 0 Å². The van der Waals surface area contributed by atoms with E-state index in [-0.39, 0.29) is 5.88 Å². The molecule has 0 atom stereocenters. The molecular weight excluding hydrogens is 204 g/mol. The Bertz CT molecular complexity index is 474. The fourth-order valence-electron chi connectivity index (χ4n) is 1.33. The first-order chi connectivity index (χ1) is 6.59. The van der Waals surface area contributed by atoms with Gasteiger partial charge in [-0.25, -0.2) is 0 Å². The molecule has 0 unspecified atom stereocenters. The molecular formula is C8H9ClN4O. The van der Waals surface area contributed by atoms with Gasteiger partial charge >= 0.3 is 0 Å². The molecule has 0 bridgehead atoms. The number of nitrogens with zero attached hydrogens (tertiary/aromatic N) is 3. The Balaban J connectivity index is 2.61. The van der Waals surface area contributed by atoms with Gasteiger partial charge in [0.05, 0.1) is 11.3 Å². The Kier molecular flexibility index (Phi) is 1.96. The minimum Gasteiger partial charge on any atom is -0.368 e. The monoisotopic (exact) mass is 212 g/mol. The summed E-state index contributed by atoms with van der Waals surface area (Å²) in [5.74, 6) is 0.263. The van der Waals surface area contributed by atoms with Crippen LogP contribution in [-0.2, 0) is 7.05 Å². The fourth-order valence-corrected chi connectivity index (χ4v) is 1.60. The van der Waals surface area contributed by atoms with Crippen LogP contribution in [-0.4, -0.2) is 14.9 Å². The maximum Gasteiger partial charge on any atom is 0.222 e. The van der Waals surface area contributed by atoms with E-state index in [9.17, 15) is 0 Å². The zero-order valence-corrected chi connectivity index (χ0v) is 8.54. The summed E-state index contributed by atoms with van der Waals surface area (Å²) in [6, 6.07) is 1.62. The van der Waals surface area contributed by atoms with Gasteiger partial charge in [0.2, 0.25) is 5.88 Å². The zero-order chi connectivity index (χ0) is 10.3. The second kappa shape index (κ2) is 3.02. The van der Waals surface area contributed by atoms with Crippen LogP contribution in [0.5, 0.6) is 0 Å². The van der Waals surface area contributed by atoms with Crippen molar-refractivity contribution >= 4 is 17.5 Å². The minimum absolute atomic E-state index is 0.263. The molecule has 6 heteroatoms. The number of nitrogen functional groups attached to an aromatic ring is 1. The van der Waals surface area contributed by atoms with Crippen LogP contribution in [0.4, 0.5) is 5.88 Å². The van der Waals surface area contributed by atoms with Gasteiger partial charge in [-0.1, -0.05) is 16.8 Å². The average molecular weight is 213 g/mol. The van der Waals surface area contributed by atoms with Crippen LogP contribution in [0.1, 0.15) is 5.69 Å². The molecule has 0 fully saturated rings. The molecule has 0 aliphatic heterocycles. The van der Waals surface area contributed by atoms with E-state index in [1.54, 1.807) is 17.8 Å². The van der Waals surface area contributed by atoms with Crippen molar-refractivity contribution in [3.63, 3.8) is 0 Å². The molecule has 0 amide bonds. The van der Waals surface area contributed by atoms with Gasteiger partial charge in [0.15, 0.2) is 0 Å². The van der Waals surface area contributed by atoms with E-state index in [0.717, 1.165) is 11.3 Å². The Morgan fingerprint density at radius 1 is 1.57 bits per heavy atom. The van der Waals surface area contributed by atoms with E-state index in [1.807, 2.05) is 6.92 Å². The van der Waals surface area contributed by atoms with Gasteiger partial charge in [-0.3, -0.25) is 4.68 Å². The summed E-state index contributed by atoms with van der Waals surface area (Å²) in [4.78, 5) is 0. The molecule has 0 saturated carbocycles. The summed E-state index contributed by atoms with van der Waals surface area (Å²) in [6.45, 7) is 1.85. The van der Waals surface area contributed by atoms with Crippen LogP contribution in [0.25, 0.3) is 11.3 Å². The summed E-state index contributed by atoms with van der Waals surface area (Å²) in [6.07, 6.45) is 0. The van der Waals surface area contributed by atoms with Crippen molar-refractivity contribution in [2.24, 2.45) is 7.05 Å². The van der Waals surface area contributed by atoms with Crippen molar-refractivity contribution in [3.8, 4) is 11.3 Å². The lowest BCUT2D eigenvalue weighted by atomic mass is 10.2. The van der Waals surface area contributed by atoms with Gasteiger partial charge < -0.3 is 10.3 Å². The predicted molar refractivity (Wildman–Crippen MR) is 52.9 cm³/mol. The third kappa shape index (κ3) is 1.26. The van der Waals surface area contributed by atoms with Crippen molar-refractivity contribution in [3.05, 3.63) is 16.9 Å². The molecule has 0 aliphatic carbocycles. The van der Waals surface area contributed by atoms with Gasteiger partial charge in [0, 0.05) is 13.1 Å². The smallest absolute Gasteiger partial charge is 0.222 e. The van der Waals surface area contributed by atoms with Gasteiger partial charge in [-0.2, -0.15) is 5.10 Å². The third-order valence-corrected chi connectivity index (χ3v) is 2.37. The van der Waals surface area contributed by atoms with E-state index in [1.165, 1.54) is 0 Å². The number of halogens is 1. The van der Waals surface area contributed by atoms with Gasteiger partial charge in [-0.05, 0) is 6.92 Å². The van der Waals surface area contributed by atoms with Crippen molar-refractivity contribution in [1.29, 1.82) is 0 Å². The highest BCUT2D eigenvalue weighted by Crippen LogP contribution is 2.30. The van der Waals surface area contributed by atoms with Crippen LogP contribution in [0, 0.1) is 6.92 Å². The first-order valence-corrected chi connectivity index (χ1v) is 4.39. The molecule has 0 saturated heterocycles. The minimum atomic E-state index is 0.263. The maximum atomic E-state index is 6.04. The third-order valence-electron chi connectivity index (χ3n) is 1.94. The van der Waals surface area contributed by atoms with Crippen molar-refractivity contribution in [2.75, 3.05) is 5.73 Å². The second-order valence-electron chi connectivity index (χ2n) is 2.99. The largest absolute Gasteiger partial charge is 0.368 e. The van der Waals surface area contributed by atoms with E-state index in [0.29, 0.717) is 10.8 Å². The molecule has 2 aromatic heterocycles. The molecule has 2 heterocycles. The normalized spacial score (nSPS) is 10.8. The summed E-state index contributed by atoms with van der Waals surface area (Å²) in [5.41, 5.74) is 7.59. The Morgan fingerprint density at radius 3 is 2.71 bits per heavy atom. The molecule has 2 aromatic rings. The summed E-state index contributed by atoms with van der Waals surface area (Å²) in [7, 11) is 1.77. The summed E-state index contributed by atoms with van der Waals surface area (Å²) < 4.78 is 6.35. The summed E-state index contributed by atoms with van der Waals surface area (Å²) in [5, 5.41) is 8.47. The number of aryl methyl sites for hydroxylation is 2. The topological polar surface area (TPSA) is 69.9 Å². The molecule has 74 valence electrons. The van der Waals surface area contributed by atoms with E-state index in [2.05, 4.69) is 10.3 Å². The Morgan fingerprint density at radius 2 is 2.29 bits per heavy atom. The highest BCUT2D eigenvalue weighted by atomic mass is 35.5. The van der Waals surface area contributed by atoms with E-state index in [4.69, 9.17) is 21.9 Å². The quantitative estimate of drug-likeness (QED) is 0.780. The Labute approximate surface area is 85.4 Å². The van der Waals surface area contributed by atoms with Crippen molar-refractivity contribution in [1.82, 2.24) is 14.9 Å². The molecule has 0 radical (unpaired) electrons. The standard InChI is InChI=1S/C8H9ClN4O/c1-4-7(8(9)13(2)11-4)5-3-6(10)14-12-5/h3H,10H2,1-2H3. The number of hydrogen-bond acceptors (Lipinski definition) is 4.